The molecule has 1 fully saturated rings. The number of sulfonamides is 1. The standard InChI is InChI=1S/C27H35N5O2S2/c1-5-31(6-2)24-12-10-22(11-13-24)16-28-30-27-29-26(19-35-27)23-8-7-9-25(15-23)36(33,34)32-17-20(3)14-21(4)18-32/h7-13,15-16,19-21H,5-6,14,17-18H2,1-4H3,(H,29,30). The molecule has 1 aliphatic rings. The number of piperidine rings is 1. The molecule has 0 amide bonds. The highest BCUT2D eigenvalue weighted by atomic mass is 32.2. The lowest BCUT2D eigenvalue weighted by Crippen LogP contribution is -2.42. The van der Waals surface area contributed by atoms with Crippen LogP contribution in [0, 0.1) is 11.8 Å². The van der Waals surface area contributed by atoms with Crippen molar-refractivity contribution in [3.05, 3.63) is 59.5 Å². The summed E-state index contributed by atoms with van der Waals surface area (Å²) in [4.78, 5) is 7.22. The van der Waals surface area contributed by atoms with Gasteiger partial charge in [0.05, 0.1) is 16.8 Å². The largest absolute Gasteiger partial charge is 0.372 e. The SMILES string of the molecule is CCN(CC)c1ccc(C=NNc2nc(-c3cccc(S(=O)(=O)N4CC(C)CC(C)C4)c3)cs2)cc1. The van der Waals surface area contributed by atoms with E-state index in [1.54, 1.807) is 28.7 Å². The fraction of sp³-hybridized carbons (Fsp3) is 0.407. The molecule has 0 bridgehead atoms. The van der Waals surface area contributed by atoms with Gasteiger partial charge in [-0.15, -0.1) is 11.3 Å². The van der Waals surface area contributed by atoms with Crippen molar-refractivity contribution >= 4 is 38.4 Å². The van der Waals surface area contributed by atoms with Crippen molar-refractivity contribution in [3.63, 3.8) is 0 Å². The summed E-state index contributed by atoms with van der Waals surface area (Å²) in [7, 11) is -3.54. The van der Waals surface area contributed by atoms with E-state index in [1.165, 1.54) is 17.0 Å². The van der Waals surface area contributed by atoms with E-state index in [2.05, 4.69) is 60.2 Å². The highest BCUT2D eigenvalue weighted by Gasteiger charge is 2.31. The summed E-state index contributed by atoms with van der Waals surface area (Å²) < 4.78 is 28.2. The van der Waals surface area contributed by atoms with E-state index in [4.69, 9.17) is 0 Å². The van der Waals surface area contributed by atoms with Crippen LogP contribution in [0.25, 0.3) is 11.3 Å². The summed E-state index contributed by atoms with van der Waals surface area (Å²) in [5.41, 5.74) is 6.68. The molecule has 7 nitrogen and oxygen atoms in total. The van der Waals surface area contributed by atoms with Crippen molar-refractivity contribution in [1.82, 2.24) is 9.29 Å². The van der Waals surface area contributed by atoms with Gasteiger partial charge in [0.2, 0.25) is 15.2 Å². The molecule has 1 aliphatic heterocycles. The first-order valence-corrected chi connectivity index (χ1v) is 14.8. The van der Waals surface area contributed by atoms with Crippen molar-refractivity contribution in [2.75, 3.05) is 36.5 Å². The zero-order valence-electron chi connectivity index (χ0n) is 21.4. The number of thiazole rings is 1. The molecule has 1 aromatic heterocycles. The summed E-state index contributed by atoms with van der Waals surface area (Å²) in [6.45, 7) is 11.6. The van der Waals surface area contributed by atoms with Crippen LogP contribution < -0.4 is 10.3 Å². The number of nitrogens with zero attached hydrogens (tertiary/aromatic N) is 4. The summed E-state index contributed by atoms with van der Waals surface area (Å²) >= 11 is 1.43. The Bertz CT molecular complexity index is 1270. The third kappa shape index (κ3) is 6.14. The molecule has 2 unspecified atom stereocenters. The minimum Gasteiger partial charge on any atom is -0.372 e. The Morgan fingerprint density at radius 1 is 1.11 bits per heavy atom. The van der Waals surface area contributed by atoms with Gasteiger partial charge in [-0.05, 0) is 61.9 Å². The van der Waals surface area contributed by atoms with Gasteiger partial charge in [-0.1, -0.05) is 38.1 Å². The second-order valence-corrected chi connectivity index (χ2v) is 12.3. The smallest absolute Gasteiger partial charge is 0.243 e. The molecular formula is C27H35N5O2S2. The van der Waals surface area contributed by atoms with Gasteiger partial charge in [-0.3, -0.25) is 5.43 Å². The third-order valence-electron chi connectivity index (χ3n) is 6.50. The molecule has 0 radical (unpaired) electrons. The van der Waals surface area contributed by atoms with Crippen LogP contribution in [0.15, 0.2) is 63.9 Å². The molecule has 0 spiro atoms. The minimum atomic E-state index is -3.54. The zero-order chi connectivity index (χ0) is 25.7. The number of benzene rings is 2. The highest BCUT2D eigenvalue weighted by molar-refractivity contribution is 7.89. The molecule has 2 heterocycles. The first-order valence-electron chi connectivity index (χ1n) is 12.5. The number of hydrogen-bond donors (Lipinski definition) is 1. The molecule has 1 saturated heterocycles. The third-order valence-corrected chi connectivity index (χ3v) is 9.08. The van der Waals surface area contributed by atoms with E-state index >= 15 is 0 Å². The predicted molar refractivity (Wildman–Crippen MR) is 150 cm³/mol. The zero-order valence-corrected chi connectivity index (χ0v) is 23.0. The van der Waals surface area contributed by atoms with Crippen molar-refractivity contribution in [3.8, 4) is 11.3 Å². The van der Waals surface area contributed by atoms with Gasteiger partial charge in [0.25, 0.3) is 0 Å². The topological polar surface area (TPSA) is 77.9 Å². The van der Waals surface area contributed by atoms with Crippen LogP contribution in [-0.2, 0) is 10.0 Å². The van der Waals surface area contributed by atoms with E-state index in [9.17, 15) is 8.42 Å². The maximum Gasteiger partial charge on any atom is 0.243 e. The van der Waals surface area contributed by atoms with Gasteiger partial charge in [0, 0.05) is 42.8 Å². The van der Waals surface area contributed by atoms with Crippen LogP contribution >= 0.6 is 11.3 Å². The fourth-order valence-electron chi connectivity index (χ4n) is 4.75. The maximum atomic E-state index is 13.3. The van der Waals surface area contributed by atoms with Gasteiger partial charge >= 0.3 is 0 Å². The number of hydrogen-bond acceptors (Lipinski definition) is 7. The second kappa shape index (κ2) is 11.5. The number of aromatic nitrogens is 1. The lowest BCUT2D eigenvalue weighted by molar-refractivity contribution is 0.222. The van der Waals surface area contributed by atoms with Crippen LogP contribution in [0.4, 0.5) is 10.8 Å². The molecule has 1 N–H and O–H groups in total. The number of rotatable bonds is 9. The molecule has 2 aromatic carbocycles. The molecule has 3 aromatic rings. The van der Waals surface area contributed by atoms with Gasteiger partial charge in [-0.25, -0.2) is 13.4 Å². The Balaban J connectivity index is 1.43. The lowest BCUT2D eigenvalue weighted by atomic mass is 9.94. The molecular weight excluding hydrogens is 490 g/mol. The van der Waals surface area contributed by atoms with E-state index in [-0.39, 0.29) is 0 Å². The van der Waals surface area contributed by atoms with Crippen LogP contribution in [0.3, 0.4) is 0 Å². The molecule has 2 atom stereocenters. The molecule has 192 valence electrons. The molecule has 4 rings (SSSR count). The summed E-state index contributed by atoms with van der Waals surface area (Å²) in [6, 6.07) is 15.3. The Kier molecular flexibility index (Phi) is 8.43. The molecule has 0 saturated carbocycles. The van der Waals surface area contributed by atoms with E-state index in [1.807, 2.05) is 23.6 Å². The molecule has 36 heavy (non-hydrogen) atoms. The van der Waals surface area contributed by atoms with Crippen LogP contribution in [0.2, 0.25) is 0 Å². The molecule has 9 heteroatoms. The Labute approximate surface area is 218 Å². The fourth-order valence-corrected chi connectivity index (χ4v) is 7.14. The minimum absolute atomic E-state index is 0.315. The normalized spacial score (nSPS) is 19.0. The Hall–Kier alpha value is -2.75. The summed E-state index contributed by atoms with van der Waals surface area (Å²) in [6.07, 6.45) is 2.83. The number of hydrazone groups is 1. The van der Waals surface area contributed by atoms with Crippen molar-refractivity contribution in [2.24, 2.45) is 16.9 Å². The Morgan fingerprint density at radius 2 is 1.81 bits per heavy atom. The average Bonchev–Trinajstić information content (AvgIpc) is 3.34. The van der Waals surface area contributed by atoms with Crippen molar-refractivity contribution in [1.29, 1.82) is 0 Å². The average molecular weight is 526 g/mol. The quantitative estimate of drug-likeness (QED) is 0.283. The number of anilines is 2. The van der Waals surface area contributed by atoms with Crippen molar-refractivity contribution in [2.45, 2.75) is 39.0 Å². The second-order valence-electron chi connectivity index (χ2n) is 9.47. The van der Waals surface area contributed by atoms with Crippen LogP contribution in [0.5, 0.6) is 0 Å². The first-order chi connectivity index (χ1) is 17.3. The van der Waals surface area contributed by atoms with Crippen LogP contribution in [0.1, 0.15) is 39.7 Å². The molecule has 0 aliphatic carbocycles. The van der Waals surface area contributed by atoms with E-state index in [0.29, 0.717) is 35.0 Å². The summed E-state index contributed by atoms with van der Waals surface area (Å²) in [5.74, 6) is 0.722. The first kappa shape index (κ1) is 26.3. The summed E-state index contributed by atoms with van der Waals surface area (Å²) in [5, 5.41) is 6.88. The maximum absolute atomic E-state index is 13.3. The van der Waals surface area contributed by atoms with Gasteiger partial charge < -0.3 is 4.90 Å². The van der Waals surface area contributed by atoms with E-state index in [0.717, 1.165) is 36.3 Å². The predicted octanol–water partition coefficient (Wildman–Crippen LogP) is 5.77. The van der Waals surface area contributed by atoms with Gasteiger partial charge in [0.15, 0.2) is 0 Å². The van der Waals surface area contributed by atoms with Gasteiger partial charge in [-0.2, -0.15) is 9.41 Å². The highest BCUT2D eigenvalue weighted by Crippen LogP contribution is 2.30. The Morgan fingerprint density at radius 3 is 2.47 bits per heavy atom. The van der Waals surface area contributed by atoms with E-state index < -0.39 is 10.0 Å². The monoisotopic (exact) mass is 525 g/mol. The lowest BCUT2D eigenvalue weighted by Gasteiger charge is -2.34. The van der Waals surface area contributed by atoms with Gasteiger partial charge in [0.1, 0.15) is 0 Å². The number of nitrogens with one attached hydrogen (secondary N) is 1. The van der Waals surface area contributed by atoms with Crippen LogP contribution in [-0.4, -0.2) is 50.1 Å². The van der Waals surface area contributed by atoms with Crippen molar-refractivity contribution < 1.29 is 8.42 Å².